The number of rotatable bonds is 6. The van der Waals surface area contributed by atoms with Crippen LogP contribution in [0.25, 0.3) is 10.2 Å². The fraction of sp³-hybridized carbons (Fsp3) is 0.136. The molecule has 0 unspecified atom stereocenters. The number of nitro benzene ring substituents is 1. The minimum absolute atomic E-state index is 0.200. The number of nitrogens with zero attached hydrogens (tertiary/aromatic N) is 3. The van der Waals surface area contributed by atoms with Crippen molar-refractivity contribution in [1.82, 2.24) is 9.55 Å². The highest BCUT2D eigenvalue weighted by molar-refractivity contribution is 7.20. The van der Waals surface area contributed by atoms with Gasteiger partial charge in [0.25, 0.3) is 17.2 Å². The van der Waals surface area contributed by atoms with Crippen LogP contribution in [0.1, 0.15) is 22.2 Å². The van der Waals surface area contributed by atoms with E-state index in [0.29, 0.717) is 33.0 Å². The number of hydrogen-bond acceptors (Lipinski definition) is 7. The molecule has 0 atom stereocenters. The molecule has 0 saturated heterocycles. The Morgan fingerprint density at radius 2 is 1.97 bits per heavy atom. The van der Waals surface area contributed by atoms with Crippen molar-refractivity contribution in [2.45, 2.75) is 20.4 Å². The maximum absolute atomic E-state index is 13.0. The van der Waals surface area contributed by atoms with Crippen molar-refractivity contribution >= 4 is 38.8 Å². The van der Waals surface area contributed by atoms with E-state index < -0.39 is 10.8 Å². The molecule has 4 aromatic rings. The molecule has 0 fully saturated rings. The zero-order valence-corrected chi connectivity index (χ0v) is 18.0. The lowest BCUT2D eigenvalue weighted by Crippen LogP contribution is -2.19. The lowest BCUT2D eigenvalue weighted by atomic mass is 10.2. The number of anilines is 1. The van der Waals surface area contributed by atoms with E-state index in [9.17, 15) is 19.7 Å². The highest BCUT2D eigenvalue weighted by Gasteiger charge is 2.21. The predicted molar refractivity (Wildman–Crippen MR) is 122 cm³/mol. The van der Waals surface area contributed by atoms with Crippen molar-refractivity contribution in [1.29, 1.82) is 0 Å². The van der Waals surface area contributed by atoms with Crippen LogP contribution >= 0.6 is 11.3 Å². The number of para-hydroxylation sites is 1. The van der Waals surface area contributed by atoms with E-state index in [-0.39, 0.29) is 22.7 Å². The molecule has 2 aromatic heterocycles. The Hall–Kier alpha value is -4.05. The number of amides is 1. The summed E-state index contributed by atoms with van der Waals surface area (Å²) < 4.78 is 7.17. The molecule has 0 bridgehead atoms. The average Bonchev–Trinajstić information content (AvgIpc) is 3.12. The van der Waals surface area contributed by atoms with Gasteiger partial charge in [-0.2, -0.15) is 0 Å². The molecule has 4 rings (SSSR count). The Balaban J connectivity index is 1.68. The summed E-state index contributed by atoms with van der Waals surface area (Å²) in [6, 6.07) is 12.8. The molecule has 2 aromatic carbocycles. The van der Waals surface area contributed by atoms with Crippen LogP contribution in [0, 0.1) is 17.0 Å². The van der Waals surface area contributed by atoms with Gasteiger partial charge in [0, 0.05) is 18.7 Å². The lowest BCUT2D eigenvalue weighted by Gasteiger charge is -2.09. The molecular weight excluding hydrogens is 432 g/mol. The number of fused-ring (bicyclic) bond motifs is 1. The second kappa shape index (κ2) is 8.60. The van der Waals surface area contributed by atoms with E-state index in [1.165, 1.54) is 29.1 Å². The molecule has 162 valence electrons. The second-order valence-corrected chi connectivity index (χ2v) is 7.91. The predicted octanol–water partition coefficient (Wildman–Crippen LogP) is 4.74. The number of hydrogen-bond donors (Lipinski definition) is 1. The largest absolute Gasteiger partial charge is 0.457 e. The summed E-state index contributed by atoms with van der Waals surface area (Å²) >= 11 is 1.10. The third-order valence-electron chi connectivity index (χ3n) is 4.80. The zero-order chi connectivity index (χ0) is 22.8. The summed E-state index contributed by atoms with van der Waals surface area (Å²) in [7, 11) is 0. The maximum Gasteiger partial charge on any atom is 0.275 e. The van der Waals surface area contributed by atoms with E-state index in [2.05, 4.69) is 10.3 Å². The van der Waals surface area contributed by atoms with Gasteiger partial charge in [-0.3, -0.25) is 24.3 Å². The molecule has 0 radical (unpaired) electrons. The van der Waals surface area contributed by atoms with Crippen molar-refractivity contribution in [3.8, 4) is 11.5 Å². The third kappa shape index (κ3) is 4.08. The zero-order valence-electron chi connectivity index (χ0n) is 17.2. The maximum atomic E-state index is 13.0. The summed E-state index contributed by atoms with van der Waals surface area (Å²) in [5, 5.41) is 14.5. The van der Waals surface area contributed by atoms with Crippen LogP contribution in [0.2, 0.25) is 0 Å². The SMILES string of the molecule is CCn1cnc2sc(C(=O)Nc3cc(Oc4ccccc4)cc([N+](=O)[O-])c3)c(C)c2c1=O. The van der Waals surface area contributed by atoms with Gasteiger partial charge in [-0.25, -0.2) is 4.98 Å². The van der Waals surface area contributed by atoms with Crippen LogP contribution in [-0.4, -0.2) is 20.4 Å². The summed E-state index contributed by atoms with van der Waals surface area (Å²) in [5.74, 6) is 0.226. The van der Waals surface area contributed by atoms with Gasteiger partial charge in [-0.15, -0.1) is 11.3 Å². The van der Waals surface area contributed by atoms with Crippen LogP contribution in [-0.2, 0) is 6.54 Å². The first-order valence-electron chi connectivity index (χ1n) is 9.69. The van der Waals surface area contributed by atoms with Crippen molar-refractivity contribution in [2.24, 2.45) is 0 Å². The summed E-state index contributed by atoms with van der Waals surface area (Å²) in [6.07, 6.45) is 1.45. The number of nitrogens with one attached hydrogen (secondary N) is 1. The normalized spacial score (nSPS) is 10.8. The third-order valence-corrected chi connectivity index (χ3v) is 6.00. The smallest absolute Gasteiger partial charge is 0.275 e. The Morgan fingerprint density at radius 1 is 1.22 bits per heavy atom. The molecule has 9 nitrogen and oxygen atoms in total. The van der Waals surface area contributed by atoms with Gasteiger partial charge < -0.3 is 10.1 Å². The van der Waals surface area contributed by atoms with E-state index >= 15 is 0 Å². The van der Waals surface area contributed by atoms with E-state index in [1.807, 2.05) is 13.0 Å². The molecule has 1 amide bonds. The molecule has 0 aliphatic carbocycles. The number of thiophene rings is 1. The van der Waals surface area contributed by atoms with Crippen LogP contribution in [0.15, 0.2) is 59.7 Å². The van der Waals surface area contributed by atoms with Crippen molar-refractivity contribution in [3.63, 3.8) is 0 Å². The Bertz CT molecular complexity index is 1390. The Kier molecular flexibility index (Phi) is 5.69. The van der Waals surface area contributed by atoms with Crippen molar-refractivity contribution in [3.05, 3.63) is 85.8 Å². The van der Waals surface area contributed by atoms with Gasteiger partial charge in [0.1, 0.15) is 16.3 Å². The molecule has 0 aliphatic rings. The monoisotopic (exact) mass is 450 g/mol. The summed E-state index contributed by atoms with van der Waals surface area (Å²) in [5.41, 5.74) is 0.286. The molecule has 10 heteroatoms. The van der Waals surface area contributed by atoms with Gasteiger partial charge in [0.15, 0.2) is 0 Å². The summed E-state index contributed by atoms with van der Waals surface area (Å²) in [6.45, 7) is 3.99. The highest BCUT2D eigenvalue weighted by Crippen LogP contribution is 2.31. The van der Waals surface area contributed by atoms with Gasteiger partial charge in [-0.05, 0) is 31.5 Å². The number of ether oxygens (including phenoxy) is 1. The number of carbonyl (C=O) groups is 1. The molecule has 1 N–H and O–H groups in total. The highest BCUT2D eigenvalue weighted by atomic mass is 32.1. The van der Waals surface area contributed by atoms with Gasteiger partial charge >= 0.3 is 0 Å². The average molecular weight is 450 g/mol. The van der Waals surface area contributed by atoms with Crippen LogP contribution < -0.4 is 15.6 Å². The molecule has 0 aliphatic heterocycles. The first kappa shape index (κ1) is 21.2. The van der Waals surface area contributed by atoms with Gasteiger partial charge in [0.05, 0.1) is 33.3 Å². The standard InChI is InChI=1S/C22H18N4O5S/c1-3-25-12-23-21-18(22(25)28)13(2)19(32-21)20(27)24-14-9-15(26(29)30)11-17(10-14)31-16-7-5-4-6-8-16/h4-12H,3H2,1-2H3,(H,24,27). The van der Waals surface area contributed by atoms with Crippen LogP contribution in [0.4, 0.5) is 11.4 Å². The van der Waals surface area contributed by atoms with Crippen molar-refractivity contribution in [2.75, 3.05) is 5.32 Å². The van der Waals surface area contributed by atoms with Crippen LogP contribution in [0.3, 0.4) is 0 Å². The fourth-order valence-electron chi connectivity index (χ4n) is 3.23. The molecule has 2 heterocycles. The number of benzene rings is 2. The minimum Gasteiger partial charge on any atom is -0.457 e. The molecule has 0 spiro atoms. The van der Waals surface area contributed by atoms with Crippen LogP contribution in [0.5, 0.6) is 11.5 Å². The van der Waals surface area contributed by atoms with Crippen molar-refractivity contribution < 1.29 is 14.5 Å². The topological polar surface area (TPSA) is 116 Å². The molecule has 32 heavy (non-hydrogen) atoms. The first-order chi connectivity index (χ1) is 15.4. The fourth-order valence-corrected chi connectivity index (χ4v) is 4.27. The minimum atomic E-state index is -0.560. The quantitative estimate of drug-likeness (QED) is 0.335. The molecular formula is C22H18N4O5S. The van der Waals surface area contributed by atoms with E-state index in [0.717, 1.165) is 11.3 Å². The van der Waals surface area contributed by atoms with Gasteiger partial charge in [0.2, 0.25) is 0 Å². The lowest BCUT2D eigenvalue weighted by molar-refractivity contribution is -0.384. The van der Waals surface area contributed by atoms with E-state index in [1.54, 1.807) is 31.2 Å². The van der Waals surface area contributed by atoms with Gasteiger partial charge in [-0.1, -0.05) is 18.2 Å². The number of aryl methyl sites for hydroxylation is 2. The Labute approximate surface area is 186 Å². The second-order valence-electron chi connectivity index (χ2n) is 6.91. The number of carbonyl (C=O) groups excluding carboxylic acids is 1. The Morgan fingerprint density at radius 3 is 2.66 bits per heavy atom. The molecule has 0 saturated carbocycles. The van der Waals surface area contributed by atoms with E-state index in [4.69, 9.17) is 4.74 Å². The first-order valence-corrected chi connectivity index (χ1v) is 10.5. The number of aromatic nitrogens is 2. The number of non-ortho nitro benzene ring substituents is 1. The number of nitro groups is 1. The summed E-state index contributed by atoms with van der Waals surface area (Å²) in [4.78, 5) is 41.5.